The second-order valence-corrected chi connectivity index (χ2v) is 9.87. The van der Waals surface area contributed by atoms with Gasteiger partial charge in [-0.3, -0.25) is 9.59 Å². The molecule has 0 aliphatic rings. The molecule has 2 aromatic carbocycles. The zero-order valence-electron chi connectivity index (χ0n) is 19.0. The molecule has 0 radical (unpaired) electrons. The maximum Gasteiger partial charge on any atom is 0.313 e. The Balaban J connectivity index is 2.02. The first kappa shape index (κ1) is 23.7. The molecule has 4 nitrogen and oxygen atoms in total. The lowest BCUT2D eigenvalue weighted by atomic mass is 9.78. The number of phenols is 1. The number of carbonyl (C=O) groups is 2. The van der Waals surface area contributed by atoms with E-state index in [-0.39, 0.29) is 23.7 Å². The van der Waals surface area contributed by atoms with E-state index in [1.807, 2.05) is 42.5 Å². The van der Waals surface area contributed by atoms with Gasteiger partial charge in [0.1, 0.15) is 5.75 Å². The molecule has 0 bridgehead atoms. The Kier molecular flexibility index (Phi) is 7.46. The highest BCUT2D eigenvalue weighted by Gasteiger charge is 2.26. The average Bonchev–Trinajstić information content (AvgIpc) is 2.64. The Morgan fingerprint density at radius 2 is 1.20 bits per heavy atom. The van der Waals surface area contributed by atoms with Gasteiger partial charge in [-0.05, 0) is 45.9 Å². The summed E-state index contributed by atoms with van der Waals surface area (Å²) in [6.07, 6.45) is 1.30. The number of benzene rings is 2. The van der Waals surface area contributed by atoms with Crippen LogP contribution in [-0.2, 0) is 38.0 Å². The van der Waals surface area contributed by atoms with E-state index < -0.39 is 11.9 Å². The third-order valence-electron chi connectivity index (χ3n) is 5.09. The maximum absolute atomic E-state index is 12.2. The molecule has 0 amide bonds. The standard InChI is InChI=1S/C26H34O4/c1-25(2,3)20-16-19(17-21(24(20)29)26(4,5)6)13-15-23(28)30-22(27)14-12-18-10-8-7-9-11-18/h7-11,16-17,29H,12-15H2,1-6H3. The highest BCUT2D eigenvalue weighted by Crippen LogP contribution is 2.40. The molecular formula is C26H34O4. The molecule has 4 heteroatoms. The maximum atomic E-state index is 12.2. The number of esters is 2. The lowest BCUT2D eigenvalue weighted by molar-refractivity contribution is -0.159. The smallest absolute Gasteiger partial charge is 0.313 e. The van der Waals surface area contributed by atoms with E-state index in [1.165, 1.54) is 0 Å². The Morgan fingerprint density at radius 1 is 0.767 bits per heavy atom. The van der Waals surface area contributed by atoms with Gasteiger partial charge in [-0.25, -0.2) is 0 Å². The number of aryl methyl sites for hydroxylation is 2. The second-order valence-electron chi connectivity index (χ2n) is 9.87. The van der Waals surface area contributed by atoms with Gasteiger partial charge < -0.3 is 9.84 Å². The number of hydrogen-bond acceptors (Lipinski definition) is 4. The summed E-state index contributed by atoms with van der Waals surface area (Å²) in [5, 5.41) is 10.8. The number of ether oxygens (including phenoxy) is 1. The third kappa shape index (κ3) is 6.72. The summed E-state index contributed by atoms with van der Waals surface area (Å²) in [4.78, 5) is 24.2. The lowest BCUT2D eigenvalue weighted by Gasteiger charge is -2.28. The quantitative estimate of drug-likeness (QED) is 0.496. The molecule has 2 rings (SSSR count). The lowest BCUT2D eigenvalue weighted by Crippen LogP contribution is -2.18. The topological polar surface area (TPSA) is 63.6 Å². The van der Waals surface area contributed by atoms with Gasteiger partial charge in [-0.1, -0.05) is 84.0 Å². The molecule has 0 aromatic heterocycles. The van der Waals surface area contributed by atoms with Gasteiger partial charge in [-0.2, -0.15) is 0 Å². The van der Waals surface area contributed by atoms with Crippen LogP contribution in [0.25, 0.3) is 0 Å². The van der Waals surface area contributed by atoms with E-state index in [9.17, 15) is 14.7 Å². The van der Waals surface area contributed by atoms with Crippen LogP contribution in [-0.4, -0.2) is 17.0 Å². The highest BCUT2D eigenvalue weighted by atomic mass is 16.6. The van der Waals surface area contributed by atoms with E-state index in [1.54, 1.807) is 0 Å². The predicted molar refractivity (Wildman–Crippen MR) is 120 cm³/mol. The van der Waals surface area contributed by atoms with E-state index in [4.69, 9.17) is 4.74 Å². The minimum atomic E-state index is -0.518. The van der Waals surface area contributed by atoms with Crippen LogP contribution >= 0.6 is 0 Å². The fourth-order valence-corrected chi connectivity index (χ4v) is 3.35. The average molecular weight is 411 g/mol. The van der Waals surface area contributed by atoms with Crippen LogP contribution < -0.4 is 0 Å². The first-order valence-corrected chi connectivity index (χ1v) is 10.5. The SMILES string of the molecule is CC(C)(C)c1cc(CCC(=O)OC(=O)CCc2ccccc2)cc(C(C)(C)C)c1O. The molecule has 0 aliphatic carbocycles. The molecule has 0 saturated heterocycles. The van der Waals surface area contributed by atoms with Crippen molar-refractivity contribution < 1.29 is 19.4 Å². The number of rotatable bonds is 6. The van der Waals surface area contributed by atoms with Crippen molar-refractivity contribution >= 4 is 11.9 Å². The van der Waals surface area contributed by atoms with Gasteiger partial charge in [0.05, 0.1) is 12.8 Å². The van der Waals surface area contributed by atoms with Gasteiger partial charge in [0, 0.05) is 0 Å². The van der Waals surface area contributed by atoms with Crippen LogP contribution in [0.5, 0.6) is 5.75 Å². The van der Waals surface area contributed by atoms with Gasteiger partial charge in [0.15, 0.2) is 0 Å². The number of carbonyl (C=O) groups excluding carboxylic acids is 2. The molecule has 1 N–H and O–H groups in total. The summed E-state index contributed by atoms with van der Waals surface area (Å²) >= 11 is 0. The molecule has 30 heavy (non-hydrogen) atoms. The fraction of sp³-hybridized carbons (Fsp3) is 0.462. The zero-order chi connectivity index (χ0) is 22.5. The normalized spacial score (nSPS) is 11.9. The van der Waals surface area contributed by atoms with Crippen molar-refractivity contribution in [2.75, 3.05) is 0 Å². The van der Waals surface area contributed by atoms with Gasteiger partial charge in [0.2, 0.25) is 0 Å². The first-order valence-electron chi connectivity index (χ1n) is 10.5. The van der Waals surface area contributed by atoms with Crippen molar-refractivity contribution in [3.8, 4) is 5.75 Å². The summed E-state index contributed by atoms with van der Waals surface area (Å²) in [5.74, 6) is -0.700. The molecule has 0 unspecified atom stereocenters. The van der Waals surface area contributed by atoms with Crippen LogP contribution in [0, 0.1) is 0 Å². The van der Waals surface area contributed by atoms with Gasteiger partial charge in [-0.15, -0.1) is 0 Å². The second kappa shape index (κ2) is 9.46. The molecule has 0 aliphatic heterocycles. The number of aromatic hydroxyl groups is 1. The van der Waals surface area contributed by atoms with Crippen molar-refractivity contribution in [2.45, 2.75) is 78.1 Å². The molecule has 2 aromatic rings. The Bertz CT molecular complexity index is 848. The van der Waals surface area contributed by atoms with E-state index >= 15 is 0 Å². The molecule has 0 saturated carbocycles. The molecule has 0 atom stereocenters. The number of phenolic OH excluding ortho intramolecular Hbond substituents is 1. The van der Waals surface area contributed by atoms with Crippen molar-refractivity contribution in [3.63, 3.8) is 0 Å². The van der Waals surface area contributed by atoms with E-state index in [2.05, 4.69) is 41.5 Å². The van der Waals surface area contributed by atoms with Crippen LogP contribution in [0.3, 0.4) is 0 Å². The summed E-state index contributed by atoms with van der Waals surface area (Å²) in [6.45, 7) is 12.3. The van der Waals surface area contributed by atoms with E-state index in [0.29, 0.717) is 18.6 Å². The summed E-state index contributed by atoms with van der Waals surface area (Å²) < 4.78 is 4.99. The molecular weight excluding hydrogens is 376 g/mol. The Morgan fingerprint density at radius 3 is 1.63 bits per heavy atom. The van der Waals surface area contributed by atoms with Crippen LogP contribution in [0.15, 0.2) is 42.5 Å². The fourth-order valence-electron chi connectivity index (χ4n) is 3.35. The minimum Gasteiger partial charge on any atom is -0.507 e. The largest absolute Gasteiger partial charge is 0.507 e. The molecule has 0 fully saturated rings. The van der Waals surface area contributed by atoms with Crippen LogP contribution in [0.4, 0.5) is 0 Å². The van der Waals surface area contributed by atoms with Gasteiger partial charge in [0.25, 0.3) is 0 Å². The van der Waals surface area contributed by atoms with Crippen molar-refractivity contribution in [3.05, 3.63) is 64.7 Å². The molecule has 0 spiro atoms. The Hall–Kier alpha value is -2.62. The van der Waals surface area contributed by atoms with E-state index in [0.717, 1.165) is 22.3 Å². The predicted octanol–water partition coefficient (Wildman–Crippen LogP) is 5.62. The van der Waals surface area contributed by atoms with Crippen molar-refractivity contribution in [2.24, 2.45) is 0 Å². The van der Waals surface area contributed by atoms with Crippen LogP contribution in [0.1, 0.15) is 76.6 Å². The summed E-state index contributed by atoms with van der Waals surface area (Å²) in [5.41, 5.74) is 3.25. The molecule has 0 heterocycles. The highest BCUT2D eigenvalue weighted by molar-refractivity contribution is 5.85. The Labute approximate surface area is 180 Å². The zero-order valence-corrected chi connectivity index (χ0v) is 19.0. The van der Waals surface area contributed by atoms with Crippen LogP contribution in [0.2, 0.25) is 0 Å². The van der Waals surface area contributed by atoms with Crippen molar-refractivity contribution in [1.29, 1.82) is 0 Å². The monoisotopic (exact) mass is 410 g/mol. The van der Waals surface area contributed by atoms with Crippen molar-refractivity contribution in [1.82, 2.24) is 0 Å². The number of hydrogen-bond donors (Lipinski definition) is 1. The summed E-state index contributed by atoms with van der Waals surface area (Å²) in [7, 11) is 0. The summed E-state index contributed by atoms with van der Waals surface area (Å²) in [6, 6.07) is 13.6. The third-order valence-corrected chi connectivity index (χ3v) is 5.09. The minimum absolute atomic E-state index is 0.120. The molecule has 162 valence electrons. The first-order chi connectivity index (χ1) is 13.9. The van der Waals surface area contributed by atoms with Gasteiger partial charge >= 0.3 is 11.9 Å².